The maximum atomic E-state index is 11.5. The van der Waals surface area contributed by atoms with E-state index in [-0.39, 0.29) is 11.2 Å². The molecular formula is C13H18N2O2S. The normalized spacial score (nSPS) is 14.3. The molecule has 0 bridgehead atoms. The lowest BCUT2D eigenvalue weighted by atomic mass is 10.2. The topological polar surface area (TPSA) is 72.2 Å². The molecule has 1 aromatic rings. The van der Waals surface area contributed by atoms with Crippen molar-refractivity contribution in [1.82, 2.24) is 5.32 Å². The minimum absolute atomic E-state index is 0.0466. The molecule has 0 aliphatic carbocycles. The Kier molecular flexibility index (Phi) is 5.58. The predicted octanol–water partition coefficient (Wildman–Crippen LogP) is 1.17. The van der Waals surface area contributed by atoms with Crippen molar-refractivity contribution in [3.8, 4) is 0 Å². The highest BCUT2D eigenvalue weighted by molar-refractivity contribution is 7.84. The lowest BCUT2D eigenvalue weighted by Gasteiger charge is -2.07. The summed E-state index contributed by atoms with van der Waals surface area (Å²) < 4.78 is 11.1. The van der Waals surface area contributed by atoms with Gasteiger partial charge in [-0.1, -0.05) is 12.1 Å². The number of anilines is 1. The van der Waals surface area contributed by atoms with Gasteiger partial charge in [-0.2, -0.15) is 0 Å². The fourth-order valence-corrected chi connectivity index (χ4v) is 1.57. The van der Waals surface area contributed by atoms with E-state index in [1.165, 1.54) is 6.08 Å². The minimum atomic E-state index is -0.925. The zero-order valence-electron chi connectivity index (χ0n) is 10.6. The van der Waals surface area contributed by atoms with Gasteiger partial charge in [-0.25, -0.2) is 0 Å². The van der Waals surface area contributed by atoms with Crippen LogP contribution in [0.2, 0.25) is 0 Å². The van der Waals surface area contributed by atoms with E-state index in [1.807, 2.05) is 19.1 Å². The van der Waals surface area contributed by atoms with Crippen LogP contribution in [0.25, 0.3) is 6.08 Å². The second kappa shape index (κ2) is 6.96. The van der Waals surface area contributed by atoms with E-state index in [0.717, 1.165) is 5.56 Å². The average molecular weight is 266 g/mol. The molecule has 4 nitrogen and oxygen atoms in total. The quantitative estimate of drug-likeness (QED) is 0.620. The van der Waals surface area contributed by atoms with Crippen molar-refractivity contribution in [3.63, 3.8) is 0 Å². The number of hydrogen-bond donors (Lipinski definition) is 2. The van der Waals surface area contributed by atoms with Gasteiger partial charge in [-0.05, 0) is 30.7 Å². The average Bonchev–Trinajstić information content (AvgIpc) is 2.33. The number of rotatable bonds is 5. The van der Waals surface area contributed by atoms with Crippen molar-refractivity contribution in [2.45, 2.75) is 12.2 Å². The largest absolute Gasteiger partial charge is 0.399 e. The van der Waals surface area contributed by atoms with Crippen molar-refractivity contribution >= 4 is 28.5 Å². The SMILES string of the molecule is CC(CNC(=O)/C=C/c1cccc(N)c1)S(C)=O. The summed E-state index contributed by atoms with van der Waals surface area (Å²) >= 11 is 0. The maximum Gasteiger partial charge on any atom is 0.244 e. The van der Waals surface area contributed by atoms with Gasteiger partial charge < -0.3 is 11.1 Å². The van der Waals surface area contributed by atoms with Gasteiger partial charge in [0.15, 0.2) is 0 Å². The van der Waals surface area contributed by atoms with Crippen LogP contribution >= 0.6 is 0 Å². The Morgan fingerprint density at radius 3 is 2.89 bits per heavy atom. The lowest BCUT2D eigenvalue weighted by Crippen LogP contribution is -2.31. The highest BCUT2D eigenvalue weighted by atomic mass is 32.2. The van der Waals surface area contributed by atoms with Gasteiger partial charge in [0.2, 0.25) is 5.91 Å². The standard InChI is InChI=1S/C13H18N2O2S/c1-10(18(2)17)9-15-13(16)7-6-11-4-3-5-12(14)8-11/h3-8,10H,9,14H2,1-2H3,(H,15,16)/b7-6+. The molecule has 2 atom stereocenters. The number of carbonyl (C=O) groups is 1. The third-order valence-electron chi connectivity index (χ3n) is 2.47. The Morgan fingerprint density at radius 2 is 2.28 bits per heavy atom. The molecule has 0 saturated carbocycles. The van der Waals surface area contributed by atoms with Crippen LogP contribution in [0.1, 0.15) is 12.5 Å². The Bertz CT molecular complexity index is 472. The molecule has 0 radical (unpaired) electrons. The second-order valence-electron chi connectivity index (χ2n) is 4.06. The van der Waals surface area contributed by atoms with Gasteiger partial charge in [-0.15, -0.1) is 0 Å². The first kappa shape index (κ1) is 14.4. The van der Waals surface area contributed by atoms with Crippen LogP contribution in [0.15, 0.2) is 30.3 Å². The van der Waals surface area contributed by atoms with Crippen LogP contribution in [-0.2, 0) is 15.6 Å². The molecule has 0 heterocycles. The molecule has 1 aromatic carbocycles. The molecule has 5 heteroatoms. The number of benzene rings is 1. The van der Waals surface area contributed by atoms with E-state index in [9.17, 15) is 9.00 Å². The Hall–Kier alpha value is -1.62. The fraction of sp³-hybridized carbons (Fsp3) is 0.308. The summed E-state index contributed by atoms with van der Waals surface area (Å²) in [5, 5.41) is 2.65. The molecular weight excluding hydrogens is 248 g/mol. The van der Waals surface area contributed by atoms with Crippen molar-refractivity contribution in [2.75, 3.05) is 18.5 Å². The van der Waals surface area contributed by atoms with Gasteiger partial charge >= 0.3 is 0 Å². The maximum absolute atomic E-state index is 11.5. The predicted molar refractivity (Wildman–Crippen MR) is 76.4 cm³/mol. The van der Waals surface area contributed by atoms with E-state index in [2.05, 4.69) is 5.32 Å². The lowest BCUT2D eigenvalue weighted by molar-refractivity contribution is -0.116. The van der Waals surface area contributed by atoms with Crippen LogP contribution in [0, 0.1) is 0 Å². The van der Waals surface area contributed by atoms with Crippen LogP contribution < -0.4 is 11.1 Å². The van der Waals surface area contributed by atoms with E-state index in [4.69, 9.17) is 5.73 Å². The number of nitrogen functional groups attached to an aromatic ring is 1. The molecule has 18 heavy (non-hydrogen) atoms. The summed E-state index contributed by atoms with van der Waals surface area (Å²) in [6, 6.07) is 7.27. The summed E-state index contributed by atoms with van der Waals surface area (Å²) in [5.41, 5.74) is 7.16. The Morgan fingerprint density at radius 1 is 1.56 bits per heavy atom. The molecule has 0 saturated heterocycles. The highest BCUT2D eigenvalue weighted by Crippen LogP contribution is 2.07. The highest BCUT2D eigenvalue weighted by Gasteiger charge is 2.06. The first-order valence-electron chi connectivity index (χ1n) is 5.62. The Balaban J connectivity index is 2.47. The third kappa shape index (κ3) is 5.14. The number of carbonyl (C=O) groups excluding carboxylic acids is 1. The minimum Gasteiger partial charge on any atom is -0.399 e. The van der Waals surface area contributed by atoms with Gasteiger partial charge in [-0.3, -0.25) is 9.00 Å². The first-order valence-corrected chi connectivity index (χ1v) is 7.25. The molecule has 0 fully saturated rings. The summed E-state index contributed by atoms with van der Waals surface area (Å²) in [7, 11) is -0.925. The number of nitrogens with two attached hydrogens (primary N) is 1. The zero-order valence-corrected chi connectivity index (χ0v) is 11.4. The zero-order chi connectivity index (χ0) is 13.5. The molecule has 0 aromatic heterocycles. The fourth-order valence-electron chi connectivity index (χ4n) is 1.26. The molecule has 98 valence electrons. The number of hydrogen-bond acceptors (Lipinski definition) is 3. The van der Waals surface area contributed by atoms with Crippen LogP contribution in [0.5, 0.6) is 0 Å². The summed E-state index contributed by atoms with van der Waals surface area (Å²) in [6.07, 6.45) is 4.76. The molecule has 3 N–H and O–H groups in total. The third-order valence-corrected chi connectivity index (χ3v) is 3.77. The van der Waals surface area contributed by atoms with Gasteiger partial charge in [0, 0.05) is 40.6 Å². The molecule has 0 aliphatic rings. The smallest absolute Gasteiger partial charge is 0.244 e. The van der Waals surface area contributed by atoms with Crippen molar-refractivity contribution in [2.24, 2.45) is 0 Å². The summed E-state index contributed by atoms with van der Waals surface area (Å²) in [5.74, 6) is -0.199. The Labute approximate surface area is 110 Å². The van der Waals surface area contributed by atoms with E-state index < -0.39 is 10.8 Å². The molecule has 2 unspecified atom stereocenters. The summed E-state index contributed by atoms with van der Waals surface area (Å²) in [6.45, 7) is 2.24. The van der Waals surface area contributed by atoms with Gasteiger partial charge in [0.25, 0.3) is 0 Å². The van der Waals surface area contributed by atoms with Crippen molar-refractivity contribution in [1.29, 1.82) is 0 Å². The van der Waals surface area contributed by atoms with E-state index in [0.29, 0.717) is 12.2 Å². The monoisotopic (exact) mass is 266 g/mol. The number of amides is 1. The molecule has 1 amide bonds. The first-order chi connectivity index (χ1) is 8.49. The summed E-state index contributed by atoms with van der Waals surface area (Å²) in [4.78, 5) is 11.5. The molecule has 0 spiro atoms. The van der Waals surface area contributed by atoms with E-state index in [1.54, 1.807) is 24.5 Å². The van der Waals surface area contributed by atoms with Crippen LogP contribution in [0.4, 0.5) is 5.69 Å². The molecule has 1 rings (SSSR count). The van der Waals surface area contributed by atoms with Gasteiger partial charge in [0.05, 0.1) is 0 Å². The van der Waals surface area contributed by atoms with Gasteiger partial charge in [0.1, 0.15) is 0 Å². The van der Waals surface area contributed by atoms with Crippen molar-refractivity contribution in [3.05, 3.63) is 35.9 Å². The molecule has 0 aliphatic heterocycles. The van der Waals surface area contributed by atoms with Crippen LogP contribution in [0.3, 0.4) is 0 Å². The van der Waals surface area contributed by atoms with E-state index >= 15 is 0 Å². The second-order valence-corrected chi connectivity index (χ2v) is 5.86. The van der Waals surface area contributed by atoms with Crippen LogP contribution in [-0.4, -0.2) is 28.2 Å². The van der Waals surface area contributed by atoms with Crippen molar-refractivity contribution < 1.29 is 9.00 Å². The number of nitrogens with one attached hydrogen (secondary N) is 1.